The quantitative estimate of drug-likeness (QED) is 0.493. The van der Waals surface area contributed by atoms with Crippen LogP contribution in [0.5, 0.6) is 0 Å². The Morgan fingerprint density at radius 3 is 2.71 bits per heavy atom. The first-order valence-electron chi connectivity index (χ1n) is 10.6. The lowest BCUT2D eigenvalue weighted by Crippen LogP contribution is -2.36. The fourth-order valence-electron chi connectivity index (χ4n) is 3.61. The van der Waals surface area contributed by atoms with Crippen LogP contribution in [-0.2, 0) is 4.74 Å². The third-order valence-corrected chi connectivity index (χ3v) is 5.52. The molecule has 5 nitrogen and oxygen atoms in total. The zero-order valence-electron chi connectivity index (χ0n) is 17.4. The molecule has 7 heteroatoms. The number of halogens is 2. The molecule has 0 aliphatic carbocycles. The fraction of sp³-hybridized carbons (Fsp3) is 0.333. The van der Waals surface area contributed by atoms with Gasteiger partial charge in [0.2, 0.25) is 0 Å². The van der Waals surface area contributed by atoms with E-state index in [0.29, 0.717) is 10.7 Å². The molecule has 0 radical (unpaired) electrons. The first-order chi connectivity index (χ1) is 15.2. The molecular formula is C24H26ClFN4O. The number of unbranched alkanes of at least 4 members (excludes halogenated alkanes) is 1. The molecule has 0 unspecified atom stereocenters. The number of ether oxygens (including phenoxy) is 1. The molecule has 0 amide bonds. The SMILES string of the molecule is Fc1ccc(/C=C/c2cc(NCCCCN3CCOCC3)c3cc(Cl)ccc3n2)nc1. The summed E-state index contributed by atoms with van der Waals surface area (Å²) in [6.07, 6.45) is 7.14. The summed E-state index contributed by atoms with van der Waals surface area (Å²) in [7, 11) is 0. The van der Waals surface area contributed by atoms with Gasteiger partial charge in [0.25, 0.3) is 0 Å². The maximum absolute atomic E-state index is 13.1. The van der Waals surface area contributed by atoms with Crippen LogP contribution in [0.3, 0.4) is 0 Å². The monoisotopic (exact) mass is 440 g/mol. The molecule has 0 bridgehead atoms. The van der Waals surface area contributed by atoms with Crippen molar-refractivity contribution in [1.29, 1.82) is 0 Å². The second-order valence-corrected chi connectivity index (χ2v) is 8.02. The molecule has 31 heavy (non-hydrogen) atoms. The number of anilines is 1. The van der Waals surface area contributed by atoms with E-state index in [1.54, 1.807) is 6.07 Å². The van der Waals surface area contributed by atoms with E-state index in [9.17, 15) is 4.39 Å². The van der Waals surface area contributed by atoms with Gasteiger partial charge in [0.15, 0.2) is 0 Å². The summed E-state index contributed by atoms with van der Waals surface area (Å²) in [4.78, 5) is 11.2. The van der Waals surface area contributed by atoms with Crippen LogP contribution in [0.25, 0.3) is 23.1 Å². The summed E-state index contributed by atoms with van der Waals surface area (Å²) in [5, 5.41) is 5.24. The Morgan fingerprint density at radius 1 is 1.06 bits per heavy atom. The molecule has 3 heterocycles. The predicted octanol–water partition coefficient (Wildman–Crippen LogP) is 5.12. The van der Waals surface area contributed by atoms with Crippen LogP contribution in [0.1, 0.15) is 24.2 Å². The minimum atomic E-state index is -0.349. The van der Waals surface area contributed by atoms with Crippen LogP contribution in [0.15, 0.2) is 42.6 Å². The van der Waals surface area contributed by atoms with Gasteiger partial charge in [-0.1, -0.05) is 11.6 Å². The van der Waals surface area contributed by atoms with Gasteiger partial charge in [-0.05, 0) is 67.9 Å². The van der Waals surface area contributed by atoms with E-state index in [0.717, 1.165) is 74.5 Å². The molecule has 4 rings (SSSR count). The lowest BCUT2D eigenvalue weighted by molar-refractivity contribution is 0.0373. The van der Waals surface area contributed by atoms with Gasteiger partial charge in [0.05, 0.1) is 36.3 Å². The highest BCUT2D eigenvalue weighted by Gasteiger charge is 2.09. The molecule has 1 N–H and O–H groups in total. The first kappa shape index (κ1) is 21.7. The standard InChI is InChI=1S/C24H26ClFN4O/c25-18-3-8-23-22(15-18)24(27-9-1-2-10-30-11-13-31-14-12-30)16-21(29-23)7-6-20-5-4-19(26)17-28-20/h3-8,15-17H,1-2,9-14H2,(H,27,29)/b7-6+. The first-order valence-corrected chi connectivity index (χ1v) is 11.0. The van der Waals surface area contributed by atoms with Gasteiger partial charge in [0, 0.05) is 35.7 Å². The van der Waals surface area contributed by atoms with Gasteiger partial charge in [-0.3, -0.25) is 9.88 Å². The Balaban J connectivity index is 1.43. The van der Waals surface area contributed by atoms with Gasteiger partial charge in [-0.2, -0.15) is 0 Å². The molecule has 1 aliphatic heterocycles. The highest BCUT2D eigenvalue weighted by molar-refractivity contribution is 6.31. The summed E-state index contributed by atoms with van der Waals surface area (Å²) in [6.45, 7) is 5.71. The number of morpholine rings is 1. The highest BCUT2D eigenvalue weighted by atomic mass is 35.5. The van der Waals surface area contributed by atoms with E-state index in [1.807, 2.05) is 36.4 Å². The lowest BCUT2D eigenvalue weighted by atomic mass is 10.1. The molecule has 162 valence electrons. The number of aromatic nitrogens is 2. The molecule has 0 atom stereocenters. The van der Waals surface area contributed by atoms with Crippen molar-refractivity contribution in [1.82, 2.24) is 14.9 Å². The summed E-state index contributed by atoms with van der Waals surface area (Å²) in [5.41, 5.74) is 3.36. The topological polar surface area (TPSA) is 50.3 Å². The van der Waals surface area contributed by atoms with Crippen LogP contribution in [-0.4, -0.2) is 54.3 Å². The van der Waals surface area contributed by atoms with E-state index in [1.165, 1.54) is 12.3 Å². The predicted molar refractivity (Wildman–Crippen MR) is 125 cm³/mol. The number of hydrogen-bond acceptors (Lipinski definition) is 5. The Bertz CT molecular complexity index is 1040. The van der Waals surface area contributed by atoms with Crippen LogP contribution in [0, 0.1) is 5.82 Å². The summed E-state index contributed by atoms with van der Waals surface area (Å²) < 4.78 is 18.5. The number of nitrogens with zero attached hydrogens (tertiary/aromatic N) is 3. The second-order valence-electron chi connectivity index (χ2n) is 7.58. The third kappa shape index (κ3) is 6.23. The van der Waals surface area contributed by atoms with E-state index < -0.39 is 0 Å². The van der Waals surface area contributed by atoms with Crippen molar-refractivity contribution >= 4 is 40.3 Å². The van der Waals surface area contributed by atoms with Crippen molar-refractivity contribution in [2.45, 2.75) is 12.8 Å². The second kappa shape index (κ2) is 10.7. The summed E-state index contributed by atoms with van der Waals surface area (Å²) in [5.74, 6) is -0.349. The van der Waals surface area contributed by atoms with Crippen molar-refractivity contribution in [2.75, 3.05) is 44.7 Å². The summed E-state index contributed by atoms with van der Waals surface area (Å²) >= 11 is 6.23. The van der Waals surface area contributed by atoms with Crippen LogP contribution < -0.4 is 5.32 Å². The molecule has 1 saturated heterocycles. The number of hydrogen-bond donors (Lipinski definition) is 1. The number of benzene rings is 1. The van der Waals surface area contributed by atoms with Gasteiger partial charge in [-0.15, -0.1) is 0 Å². The molecule has 2 aromatic heterocycles. The van der Waals surface area contributed by atoms with Gasteiger partial charge in [-0.25, -0.2) is 9.37 Å². The van der Waals surface area contributed by atoms with Crippen LogP contribution in [0.4, 0.5) is 10.1 Å². The normalized spacial score (nSPS) is 15.0. The van der Waals surface area contributed by atoms with E-state index in [-0.39, 0.29) is 5.82 Å². The highest BCUT2D eigenvalue weighted by Crippen LogP contribution is 2.27. The van der Waals surface area contributed by atoms with E-state index >= 15 is 0 Å². The number of nitrogens with one attached hydrogen (secondary N) is 1. The Kier molecular flexibility index (Phi) is 7.46. The largest absolute Gasteiger partial charge is 0.384 e. The van der Waals surface area contributed by atoms with Crippen molar-refractivity contribution in [3.05, 3.63) is 64.8 Å². The molecule has 0 spiro atoms. The lowest BCUT2D eigenvalue weighted by Gasteiger charge is -2.26. The number of pyridine rings is 2. The average molecular weight is 441 g/mol. The van der Waals surface area contributed by atoms with Gasteiger partial charge >= 0.3 is 0 Å². The van der Waals surface area contributed by atoms with E-state index in [4.69, 9.17) is 21.3 Å². The molecule has 1 fully saturated rings. The minimum Gasteiger partial charge on any atom is -0.384 e. The number of fused-ring (bicyclic) bond motifs is 1. The fourth-order valence-corrected chi connectivity index (χ4v) is 3.79. The maximum Gasteiger partial charge on any atom is 0.141 e. The molecule has 3 aromatic rings. The van der Waals surface area contributed by atoms with Gasteiger partial charge < -0.3 is 10.1 Å². The van der Waals surface area contributed by atoms with Crippen molar-refractivity contribution in [3.8, 4) is 0 Å². The van der Waals surface area contributed by atoms with Crippen molar-refractivity contribution in [3.63, 3.8) is 0 Å². The third-order valence-electron chi connectivity index (χ3n) is 5.29. The van der Waals surface area contributed by atoms with Crippen LogP contribution >= 0.6 is 11.6 Å². The Morgan fingerprint density at radius 2 is 1.90 bits per heavy atom. The molecule has 1 aromatic carbocycles. The zero-order valence-corrected chi connectivity index (χ0v) is 18.1. The van der Waals surface area contributed by atoms with Crippen molar-refractivity contribution < 1.29 is 9.13 Å². The number of rotatable bonds is 8. The molecule has 0 saturated carbocycles. The van der Waals surface area contributed by atoms with E-state index in [2.05, 4.69) is 15.2 Å². The van der Waals surface area contributed by atoms with Crippen molar-refractivity contribution in [2.24, 2.45) is 0 Å². The summed E-state index contributed by atoms with van der Waals surface area (Å²) in [6, 6.07) is 10.8. The zero-order chi connectivity index (χ0) is 21.5. The van der Waals surface area contributed by atoms with Crippen LogP contribution in [0.2, 0.25) is 5.02 Å². The maximum atomic E-state index is 13.1. The average Bonchev–Trinajstić information content (AvgIpc) is 2.79. The smallest absolute Gasteiger partial charge is 0.141 e. The minimum absolute atomic E-state index is 0.349. The Hall–Kier alpha value is -2.54. The van der Waals surface area contributed by atoms with Gasteiger partial charge in [0.1, 0.15) is 5.82 Å². The molecule has 1 aliphatic rings. The Labute approximate surface area is 186 Å². The molecular weight excluding hydrogens is 415 g/mol.